The topological polar surface area (TPSA) is 60.3 Å². The third-order valence-electron chi connectivity index (χ3n) is 1.90. The fraction of sp³-hybridized carbons (Fsp3) is 0.400. The van der Waals surface area contributed by atoms with Crippen molar-refractivity contribution in [3.05, 3.63) is 34.7 Å². The van der Waals surface area contributed by atoms with E-state index in [1.165, 1.54) is 16.8 Å². The first-order chi connectivity index (χ1) is 8.38. The van der Waals surface area contributed by atoms with Crippen LogP contribution in [0, 0.1) is 0 Å². The molecule has 0 aliphatic rings. The molecule has 1 N–H and O–H groups in total. The van der Waals surface area contributed by atoms with Gasteiger partial charge < -0.3 is 4.57 Å². The Bertz CT molecular complexity index is 456. The van der Waals surface area contributed by atoms with E-state index in [4.69, 9.17) is 0 Å². The summed E-state index contributed by atoms with van der Waals surface area (Å²) in [6, 6.07) is 4.48. The van der Waals surface area contributed by atoms with Crippen LogP contribution in [0.4, 0.5) is 13.2 Å². The van der Waals surface area contributed by atoms with E-state index in [2.05, 4.69) is 4.84 Å². The van der Waals surface area contributed by atoms with Crippen LogP contribution in [0.25, 0.3) is 0 Å². The molecule has 18 heavy (non-hydrogen) atoms. The molecule has 1 rings (SSSR count). The number of amides is 1. The van der Waals surface area contributed by atoms with Crippen LogP contribution in [0.3, 0.4) is 0 Å². The van der Waals surface area contributed by atoms with Gasteiger partial charge in [0.1, 0.15) is 0 Å². The maximum atomic E-state index is 11.7. The number of aryl methyl sites for hydroxylation is 1. The molecule has 0 unspecified atom stereocenters. The second kappa shape index (κ2) is 6.20. The van der Waals surface area contributed by atoms with Gasteiger partial charge in [-0.3, -0.25) is 14.4 Å². The Hall–Kier alpha value is -1.83. The van der Waals surface area contributed by atoms with E-state index in [1.807, 2.05) is 0 Å². The number of rotatable bonds is 5. The second-order valence-electron chi connectivity index (χ2n) is 3.41. The summed E-state index contributed by atoms with van der Waals surface area (Å²) in [5.41, 5.74) is 1.36. The summed E-state index contributed by atoms with van der Waals surface area (Å²) < 4.78 is 36.3. The molecule has 0 aliphatic heterocycles. The van der Waals surface area contributed by atoms with Gasteiger partial charge in [0.05, 0.1) is 0 Å². The van der Waals surface area contributed by atoms with Crippen molar-refractivity contribution in [2.45, 2.75) is 19.1 Å². The van der Waals surface area contributed by atoms with Gasteiger partial charge in [-0.1, -0.05) is 6.07 Å². The molecule has 1 heterocycles. The van der Waals surface area contributed by atoms with Gasteiger partial charge >= 0.3 is 6.18 Å². The zero-order chi connectivity index (χ0) is 13.6. The highest BCUT2D eigenvalue weighted by molar-refractivity contribution is 5.74. The number of halogens is 3. The summed E-state index contributed by atoms with van der Waals surface area (Å²) in [4.78, 5) is 26.3. The van der Waals surface area contributed by atoms with Crippen molar-refractivity contribution in [3.8, 4) is 0 Å². The van der Waals surface area contributed by atoms with Gasteiger partial charge in [0, 0.05) is 25.2 Å². The first-order valence-electron chi connectivity index (χ1n) is 5.01. The van der Waals surface area contributed by atoms with Gasteiger partial charge in [0.25, 0.3) is 5.56 Å². The number of pyridine rings is 1. The number of nitrogens with zero attached hydrogens (tertiary/aromatic N) is 1. The number of hydroxylamine groups is 1. The van der Waals surface area contributed by atoms with E-state index in [1.54, 1.807) is 17.6 Å². The van der Waals surface area contributed by atoms with Gasteiger partial charge in [-0.15, -0.1) is 0 Å². The molecule has 5 nitrogen and oxygen atoms in total. The molecule has 0 fully saturated rings. The highest BCUT2D eigenvalue weighted by Crippen LogP contribution is 2.13. The SMILES string of the molecule is O=C(CCn1ccccc1=O)NOCC(F)(F)F. The minimum absolute atomic E-state index is 0.0703. The van der Waals surface area contributed by atoms with E-state index >= 15 is 0 Å². The highest BCUT2D eigenvalue weighted by Gasteiger charge is 2.28. The molecule has 0 saturated heterocycles. The van der Waals surface area contributed by atoms with Crippen molar-refractivity contribution in [1.82, 2.24) is 10.0 Å². The Balaban J connectivity index is 2.30. The largest absolute Gasteiger partial charge is 0.414 e. The van der Waals surface area contributed by atoms with Gasteiger partial charge in [-0.05, 0) is 6.07 Å². The Labute approximate surface area is 100 Å². The predicted molar refractivity (Wildman–Crippen MR) is 55.5 cm³/mol. The van der Waals surface area contributed by atoms with Crippen LogP contribution in [-0.2, 0) is 16.2 Å². The van der Waals surface area contributed by atoms with Gasteiger partial charge in [0.15, 0.2) is 6.61 Å². The Morgan fingerprint density at radius 2 is 2.11 bits per heavy atom. The summed E-state index contributed by atoms with van der Waals surface area (Å²) >= 11 is 0. The van der Waals surface area contributed by atoms with Crippen molar-refractivity contribution in [3.63, 3.8) is 0 Å². The number of aromatic nitrogens is 1. The molecular formula is C10H11F3N2O3. The summed E-state index contributed by atoms with van der Waals surface area (Å²) in [6.45, 7) is -1.48. The van der Waals surface area contributed by atoms with Crippen LogP contribution in [0.1, 0.15) is 6.42 Å². The monoisotopic (exact) mass is 264 g/mol. The predicted octanol–water partition coefficient (Wildman–Crippen LogP) is 0.848. The van der Waals surface area contributed by atoms with Crippen molar-refractivity contribution in [2.24, 2.45) is 0 Å². The third kappa shape index (κ3) is 5.48. The van der Waals surface area contributed by atoms with Gasteiger partial charge in [-0.2, -0.15) is 13.2 Å². The number of alkyl halides is 3. The average molecular weight is 264 g/mol. The quantitative estimate of drug-likeness (QED) is 0.802. The normalized spacial score (nSPS) is 11.3. The average Bonchev–Trinajstić information content (AvgIpc) is 2.26. The molecule has 8 heteroatoms. The van der Waals surface area contributed by atoms with Crippen LogP contribution >= 0.6 is 0 Å². The lowest BCUT2D eigenvalue weighted by molar-refractivity contribution is -0.191. The number of hydrogen-bond donors (Lipinski definition) is 1. The Morgan fingerprint density at radius 3 is 2.72 bits per heavy atom. The van der Waals surface area contributed by atoms with E-state index in [-0.39, 0.29) is 18.5 Å². The van der Waals surface area contributed by atoms with E-state index in [9.17, 15) is 22.8 Å². The van der Waals surface area contributed by atoms with Gasteiger partial charge in [-0.25, -0.2) is 5.48 Å². The minimum atomic E-state index is -4.50. The molecule has 0 spiro atoms. The lowest BCUT2D eigenvalue weighted by Crippen LogP contribution is -2.31. The van der Waals surface area contributed by atoms with E-state index < -0.39 is 18.7 Å². The van der Waals surface area contributed by atoms with Gasteiger partial charge in [0.2, 0.25) is 5.91 Å². The molecular weight excluding hydrogens is 253 g/mol. The smallest absolute Gasteiger partial charge is 0.315 e. The van der Waals surface area contributed by atoms with Crippen molar-refractivity contribution in [2.75, 3.05) is 6.61 Å². The van der Waals surface area contributed by atoms with Crippen LogP contribution in [0.2, 0.25) is 0 Å². The van der Waals surface area contributed by atoms with E-state index in [0.717, 1.165) is 0 Å². The minimum Gasteiger partial charge on any atom is -0.315 e. The molecule has 1 aromatic heterocycles. The fourth-order valence-electron chi connectivity index (χ4n) is 1.12. The highest BCUT2D eigenvalue weighted by atomic mass is 19.4. The second-order valence-corrected chi connectivity index (χ2v) is 3.41. The standard InChI is InChI=1S/C10H11F3N2O3/c11-10(12,13)7-18-14-8(16)4-6-15-5-2-1-3-9(15)17/h1-3,5H,4,6-7H2,(H,14,16). The summed E-state index contributed by atoms with van der Waals surface area (Å²) in [7, 11) is 0. The molecule has 0 radical (unpaired) electrons. The fourth-order valence-corrected chi connectivity index (χ4v) is 1.12. The van der Waals surface area contributed by atoms with Crippen LogP contribution in [0.5, 0.6) is 0 Å². The zero-order valence-corrected chi connectivity index (χ0v) is 9.24. The third-order valence-corrected chi connectivity index (χ3v) is 1.90. The summed E-state index contributed by atoms with van der Waals surface area (Å²) in [5.74, 6) is -0.727. The number of hydrogen-bond acceptors (Lipinski definition) is 3. The van der Waals surface area contributed by atoms with Crippen LogP contribution in [0.15, 0.2) is 29.2 Å². The molecule has 1 aromatic rings. The summed E-state index contributed by atoms with van der Waals surface area (Å²) in [5, 5.41) is 0. The Kier molecular flexibility index (Phi) is 4.90. The first-order valence-corrected chi connectivity index (χ1v) is 5.01. The number of carbonyl (C=O) groups excluding carboxylic acids is 1. The first kappa shape index (κ1) is 14.2. The lowest BCUT2D eigenvalue weighted by Gasteiger charge is -2.08. The maximum Gasteiger partial charge on any atom is 0.414 e. The maximum absolute atomic E-state index is 11.7. The molecule has 1 amide bonds. The molecule has 0 aromatic carbocycles. The van der Waals surface area contributed by atoms with Crippen molar-refractivity contribution >= 4 is 5.91 Å². The number of carbonyl (C=O) groups is 1. The van der Waals surface area contributed by atoms with Crippen molar-refractivity contribution < 1.29 is 22.8 Å². The van der Waals surface area contributed by atoms with E-state index in [0.29, 0.717) is 0 Å². The molecule has 100 valence electrons. The van der Waals surface area contributed by atoms with Crippen LogP contribution in [-0.4, -0.2) is 23.3 Å². The summed E-state index contributed by atoms with van der Waals surface area (Å²) in [6.07, 6.45) is -3.17. The molecule has 0 saturated carbocycles. The molecule has 0 atom stereocenters. The molecule has 0 aliphatic carbocycles. The van der Waals surface area contributed by atoms with Crippen LogP contribution < -0.4 is 11.0 Å². The lowest BCUT2D eigenvalue weighted by atomic mass is 10.4. The number of nitrogens with one attached hydrogen (secondary N) is 1. The Morgan fingerprint density at radius 1 is 1.39 bits per heavy atom. The zero-order valence-electron chi connectivity index (χ0n) is 9.24. The van der Waals surface area contributed by atoms with Crippen molar-refractivity contribution in [1.29, 1.82) is 0 Å². The molecule has 0 bridgehead atoms.